The van der Waals surface area contributed by atoms with E-state index in [0.29, 0.717) is 24.2 Å². The number of amides is 1. The minimum Gasteiger partial charge on any atom is -0.444 e. The lowest BCUT2D eigenvalue weighted by molar-refractivity contribution is 0.00578. The molecular weight excluding hydrogens is 350 g/mol. The molecule has 2 N–H and O–H groups in total. The zero-order valence-corrected chi connectivity index (χ0v) is 17.2. The molecule has 0 unspecified atom stereocenters. The number of carbonyl (C=O) groups is 1. The van der Waals surface area contributed by atoms with Crippen LogP contribution in [0.25, 0.3) is 0 Å². The van der Waals surface area contributed by atoms with Crippen molar-refractivity contribution < 1.29 is 23.2 Å². The van der Waals surface area contributed by atoms with E-state index in [-0.39, 0.29) is 0 Å². The average Bonchev–Trinajstić information content (AvgIpc) is 2.70. The summed E-state index contributed by atoms with van der Waals surface area (Å²) in [6, 6.07) is 4.81. The Bertz CT molecular complexity index is 673. The van der Waals surface area contributed by atoms with Crippen molar-refractivity contribution in [3.05, 3.63) is 24.0 Å². The van der Waals surface area contributed by atoms with Crippen molar-refractivity contribution in [1.29, 1.82) is 0 Å². The van der Waals surface area contributed by atoms with Crippen molar-refractivity contribution in [2.24, 2.45) is 0 Å². The van der Waals surface area contributed by atoms with Crippen LogP contribution in [-0.4, -0.2) is 43.1 Å². The number of benzene rings is 1. The Morgan fingerprint density at radius 1 is 1.15 bits per heavy atom. The van der Waals surface area contributed by atoms with Crippen molar-refractivity contribution in [3.8, 4) is 0 Å². The van der Waals surface area contributed by atoms with E-state index in [0.717, 1.165) is 0 Å². The van der Waals surface area contributed by atoms with Crippen LogP contribution in [0.2, 0.25) is 0 Å². The van der Waals surface area contributed by atoms with Crippen LogP contribution in [-0.2, 0) is 14.0 Å². The third kappa shape index (κ3) is 5.59. The van der Waals surface area contributed by atoms with Gasteiger partial charge < -0.3 is 24.7 Å². The molecule has 1 saturated heterocycles. The Balaban J connectivity index is 1.88. The molecule has 0 aromatic heterocycles. The summed E-state index contributed by atoms with van der Waals surface area (Å²) in [6.45, 7) is 13.9. The maximum absolute atomic E-state index is 14.5. The second-order valence-corrected chi connectivity index (χ2v) is 8.68. The number of rotatable bonds is 5. The first-order valence-corrected chi connectivity index (χ1v) is 9.16. The van der Waals surface area contributed by atoms with E-state index in [4.69, 9.17) is 14.0 Å². The third-order valence-corrected chi connectivity index (χ3v) is 4.63. The monoisotopic (exact) mass is 380 g/mol. The molecule has 1 heterocycles. The summed E-state index contributed by atoms with van der Waals surface area (Å²) in [5, 5.41) is 5.70. The SMILES string of the molecule is CC(C)(C)OC(=O)NCCNc1ccc(B2OC(C)(C)C(C)(C)O2)c(F)c1. The van der Waals surface area contributed by atoms with Crippen molar-refractivity contribution in [1.82, 2.24) is 5.32 Å². The Labute approximate surface area is 161 Å². The molecule has 1 amide bonds. The lowest BCUT2D eigenvalue weighted by atomic mass is 9.78. The number of alkyl carbamates (subject to hydrolysis) is 1. The number of nitrogens with one attached hydrogen (secondary N) is 2. The summed E-state index contributed by atoms with van der Waals surface area (Å²) in [5.41, 5.74) is -0.600. The van der Waals surface area contributed by atoms with Crippen LogP contribution in [0.3, 0.4) is 0 Å². The first-order chi connectivity index (χ1) is 12.3. The highest BCUT2D eigenvalue weighted by molar-refractivity contribution is 6.62. The van der Waals surface area contributed by atoms with Crippen LogP contribution in [0.4, 0.5) is 14.9 Å². The lowest BCUT2D eigenvalue weighted by Gasteiger charge is -2.32. The molecule has 150 valence electrons. The van der Waals surface area contributed by atoms with E-state index in [2.05, 4.69) is 10.6 Å². The Hall–Kier alpha value is -1.80. The minimum absolute atomic E-state index is 0.357. The quantitative estimate of drug-likeness (QED) is 0.607. The summed E-state index contributed by atoms with van der Waals surface area (Å²) >= 11 is 0. The maximum atomic E-state index is 14.5. The molecule has 1 aromatic carbocycles. The molecule has 0 saturated carbocycles. The summed E-state index contributed by atoms with van der Waals surface area (Å²) in [5.74, 6) is -0.404. The Kier molecular flexibility index (Phi) is 6.11. The fraction of sp³-hybridized carbons (Fsp3) is 0.632. The number of hydrogen-bond acceptors (Lipinski definition) is 5. The van der Waals surface area contributed by atoms with E-state index in [1.54, 1.807) is 32.9 Å². The van der Waals surface area contributed by atoms with Crippen LogP contribution in [0, 0.1) is 5.82 Å². The van der Waals surface area contributed by atoms with Gasteiger partial charge in [-0.3, -0.25) is 0 Å². The van der Waals surface area contributed by atoms with Gasteiger partial charge in [0.05, 0.1) is 11.2 Å². The third-order valence-electron chi connectivity index (χ3n) is 4.63. The smallest absolute Gasteiger partial charge is 0.444 e. The highest BCUT2D eigenvalue weighted by Gasteiger charge is 2.52. The number of carbonyl (C=O) groups excluding carboxylic acids is 1. The van der Waals surface area contributed by atoms with E-state index < -0.39 is 35.8 Å². The van der Waals surface area contributed by atoms with Gasteiger partial charge in [-0.15, -0.1) is 0 Å². The van der Waals surface area contributed by atoms with Crippen LogP contribution in [0.1, 0.15) is 48.5 Å². The van der Waals surface area contributed by atoms with Gasteiger partial charge in [0.25, 0.3) is 0 Å². The van der Waals surface area contributed by atoms with Gasteiger partial charge in [-0.1, -0.05) is 6.07 Å². The van der Waals surface area contributed by atoms with Gasteiger partial charge in [-0.05, 0) is 60.6 Å². The van der Waals surface area contributed by atoms with Crippen molar-refractivity contribution >= 4 is 24.4 Å². The molecule has 27 heavy (non-hydrogen) atoms. The molecule has 2 rings (SSSR count). The molecule has 1 aliphatic heterocycles. The summed E-state index contributed by atoms with van der Waals surface area (Å²) in [7, 11) is -0.738. The van der Waals surface area contributed by atoms with E-state index in [1.807, 2.05) is 27.7 Å². The van der Waals surface area contributed by atoms with Gasteiger partial charge in [-0.25, -0.2) is 9.18 Å². The molecule has 0 bridgehead atoms. The summed E-state index contributed by atoms with van der Waals surface area (Å²) in [6.07, 6.45) is -0.480. The minimum atomic E-state index is -0.738. The van der Waals surface area contributed by atoms with Crippen molar-refractivity contribution in [2.75, 3.05) is 18.4 Å². The van der Waals surface area contributed by atoms with Gasteiger partial charge in [0.2, 0.25) is 0 Å². The van der Waals surface area contributed by atoms with Crippen LogP contribution >= 0.6 is 0 Å². The van der Waals surface area contributed by atoms with E-state index in [9.17, 15) is 9.18 Å². The normalized spacial score (nSPS) is 18.3. The Morgan fingerprint density at radius 3 is 2.26 bits per heavy atom. The molecular formula is C19H30BFN2O4. The molecule has 1 fully saturated rings. The maximum Gasteiger partial charge on any atom is 0.497 e. The lowest BCUT2D eigenvalue weighted by Crippen LogP contribution is -2.41. The molecule has 0 radical (unpaired) electrons. The standard InChI is InChI=1S/C19H30BFN2O4/c1-17(2,3)25-16(24)23-11-10-22-13-8-9-14(15(21)12-13)20-26-18(4,5)19(6,7)27-20/h8-9,12,22H,10-11H2,1-7H3,(H,23,24). The predicted octanol–water partition coefficient (Wildman–Crippen LogP) is 3.06. The second-order valence-electron chi connectivity index (χ2n) is 8.68. The van der Waals surface area contributed by atoms with Crippen LogP contribution < -0.4 is 16.1 Å². The second kappa shape index (κ2) is 7.68. The van der Waals surface area contributed by atoms with E-state index in [1.165, 1.54) is 6.07 Å². The Morgan fingerprint density at radius 2 is 1.74 bits per heavy atom. The first kappa shape index (κ1) is 21.5. The van der Waals surface area contributed by atoms with Gasteiger partial charge in [-0.2, -0.15) is 0 Å². The molecule has 0 spiro atoms. The molecule has 0 atom stereocenters. The van der Waals surface area contributed by atoms with Gasteiger partial charge >= 0.3 is 13.2 Å². The predicted molar refractivity (Wildman–Crippen MR) is 105 cm³/mol. The molecule has 6 nitrogen and oxygen atoms in total. The summed E-state index contributed by atoms with van der Waals surface area (Å²) in [4.78, 5) is 11.6. The molecule has 1 aromatic rings. The zero-order chi connectivity index (χ0) is 20.5. The van der Waals surface area contributed by atoms with Gasteiger partial charge in [0.15, 0.2) is 0 Å². The topological polar surface area (TPSA) is 68.8 Å². The number of hydrogen-bond donors (Lipinski definition) is 2. The highest BCUT2D eigenvalue weighted by Crippen LogP contribution is 2.36. The van der Waals surface area contributed by atoms with Crippen LogP contribution in [0.15, 0.2) is 18.2 Å². The van der Waals surface area contributed by atoms with Gasteiger partial charge in [0.1, 0.15) is 11.4 Å². The molecule has 1 aliphatic rings. The first-order valence-electron chi connectivity index (χ1n) is 9.16. The molecule has 8 heteroatoms. The average molecular weight is 380 g/mol. The number of halogens is 1. The fourth-order valence-corrected chi connectivity index (χ4v) is 2.48. The highest BCUT2D eigenvalue weighted by atomic mass is 19.1. The van der Waals surface area contributed by atoms with E-state index >= 15 is 0 Å². The number of anilines is 1. The molecule has 0 aliphatic carbocycles. The summed E-state index contributed by atoms with van der Waals surface area (Å²) < 4.78 is 31.5. The van der Waals surface area contributed by atoms with Crippen LogP contribution in [0.5, 0.6) is 0 Å². The van der Waals surface area contributed by atoms with Crippen molar-refractivity contribution in [3.63, 3.8) is 0 Å². The fourth-order valence-electron chi connectivity index (χ4n) is 2.48. The van der Waals surface area contributed by atoms with Gasteiger partial charge in [0, 0.05) is 24.2 Å². The largest absolute Gasteiger partial charge is 0.497 e. The van der Waals surface area contributed by atoms with Crippen molar-refractivity contribution in [2.45, 2.75) is 65.3 Å². The number of ether oxygens (including phenoxy) is 1. The zero-order valence-electron chi connectivity index (χ0n) is 17.2.